The molecule has 0 radical (unpaired) electrons. The topological polar surface area (TPSA) is 49.8 Å². The van der Waals surface area contributed by atoms with Crippen LogP contribution in [-0.2, 0) is 6.54 Å². The second kappa shape index (κ2) is 6.10. The Morgan fingerprint density at radius 2 is 2.22 bits per heavy atom. The molecule has 0 unspecified atom stereocenters. The van der Waals surface area contributed by atoms with E-state index < -0.39 is 5.82 Å². The van der Waals surface area contributed by atoms with Crippen molar-refractivity contribution < 1.29 is 4.39 Å². The summed E-state index contributed by atoms with van der Waals surface area (Å²) in [4.78, 5) is 9.02. The Morgan fingerprint density at radius 3 is 2.89 bits per heavy atom. The van der Waals surface area contributed by atoms with E-state index in [0.29, 0.717) is 19.0 Å². The van der Waals surface area contributed by atoms with Crippen LogP contribution in [-0.4, -0.2) is 16.5 Å². The summed E-state index contributed by atoms with van der Waals surface area (Å²) in [7, 11) is 0. The van der Waals surface area contributed by atoms with E-state index in [-0.39, 0.29) is 5.82 Å². The van der Waals surface area contributed by atoms with Crippen molar-refractivity contribution in [3.8, 4) is 0 Å². The Kier molecular flexibility index (Phi) is 4.48. The third-order valence-corrected chi connectivity index (χ3v) is 3.76. The lowest BCUT2D eigenvalue weighted by molar-refractivity contribution is 0.617. The molecular weight excluding hydrogens is 319 g/mol. The maximum atomic E-state index is 13.5. The van der Waals surface area contributed by atoms with Crippen molar-refractivity contribution in [3.63, 3.8) is 0 Å². The van der Waals surface area contributed by atoms with Gasteiger partial charge in [0.15, 0.2) is 11.6 Å². The highest BCUT2D eigenvalue weighted by Gasteiger charge is 2.06. The van der Waals surface area contributed by atoms with Crippen LogP contribution in [0.1, 0.15) is 11.8 Å². The number of aromatic nitrogens is 2. The summed E-state index contributed by atoms with van der Waals surface area (Å²) in [5.74, 6) is 0.187. The van der Waals surface area contributed by atoms with Crippen molar-refractivity contribution in [2.45, 2.75) is 13.5 Å². The standard InChI is InChI=1S/C11H12BrFN4S/c1-2-14-11-16-6-8(13)10(17-11)15-5-7-3-4-9(12)18-7/h3-4,6H,2,5H2,1H3,(H2,14,15,16,17). The monoisotopic (exact) mass is 330 g/mol. The fourth-order valence-electron chi connectivity index (χ4n) is 1.35. The maximum absolute atomic E-state index is 13.5. The van der Waals surface area contributed by atoms with Gasteiger partial charge in [-0.3, -0.25) is 0 Å². The molecule has 2 aromatic heterocycles. The van der Waals surface area contributed by atoms with E-state index in [4.69, 9.17) is 0 Å². The van der Waals surface area contributed by atoms with Gasteiger partial charge in [0.05, 0.1) is 16.5 Å². The lowest BCUT2D eigenvalue weighted by Crippen LogP contribution is -2.07. The molecule has 0 amide bonds. The molecule has 4 nitrogen and oxygen atoms in total. The predicted molar refractivity (Wildman–Crippen MR) is 75.5 cm³/mol. The van der Waals surface area contributed by atoms with Crippen LogP contribution in [0.15, 0.2) is 22.1 Å². The Hall–Kier alpha value is -1.21. The number of halogens is 2. The van der Waals surface area contributed by atoms with E-state index in [9.17, 15) is 4.39 Å². The number of hydrogen-bond donors (Lipinski definition) is 2. The van der Waals surface area contributed by atoms with Gasteiger partial charge in [-0.25, -0.2) is 9.37 Å². The molecule has 0 aromatic carbocycles. The van der Waals surface area contributed by atoms with Crippen LogP contribution >= 0.6 is 27.3 Å². The molecule has 18 heavy (non-hydrogen) atoms. The molecule has 0 bridgehead atoms. The third kappa shape index (κ3) is 3.39. The fraction of sp³-hybridized carbons (Fsp3) is 0.273. The number of thiophene rings is 1. The second-order valence-corrected chi connectivity index (χ2v) is 6.03. The predicted octanol–water partition coefficient (Wildman–Crippen LogP) is 3.48. The summed E-state index contributed by atoms with van der Waals surface area (Å²) >= 11 is 4.99. The van der Waals surface area contributed by atoms with Crippen molar-refractivity contribution in [2.75, 3.05) is 17.2 Å². The van der Waals surface area contributed by atoms with E-state index in [1.54, 1.807) is 11.3 Å². The lowest BCUT2D eigenvalue weighted by atomic mass is 10.4. The summed E-state index contributed by atoms with van der Waals surface area (Å²) in [6.45, 7) is 3.17. The highest BCUT2D eigenvalue weighted by atomic mass is 79.9. The van der Waals surface area contributed by atoms with Gasteiger partial charge in [-0.2, -0.15) is 4.98 Å². The molecule has 0 aliphatic heterocycles. The first-order valence-corrected chi connectivity index (χ1v) is 7.04. The first-order valence-electron chi connectivity index (χ1n) is 5.43. The van der Waals surface area contributed by atoms with Crippen molar-refractivity contribution in [3.05, 3.63) is 32.8 Å². The van der Waals surface area contributed by atoms with Crippen LogP contribution < -0.4 is 10.6 Å². The summed E-state index contributed by atoms with van der Waals surface area (Å²) in [5.41, 5.74) is 0. The highest BCUT2D eigenvalue weighted by Crippen LogP contribution is 2.23. The molecule has 2 heterocycles. The van der Waals surface area contributed by atoms with Crippen LogP contribution in [0.25, 0.3) is 0 Å². The van der Waals surface area contributed by atoms with Gasteiger partial charge >= 0.3 is 0 Å². The van der Waals surface area contributed by atoms with Crippen LogP contribution in [0.5, 0.6) is 0 Å². The number of hydrogen-bond acceptors (Lipinski definition) is 5. The van der Waals surface area contributed by atoms with Crippen molar-refractivity contribution >= 4 is 39.0 Å². The normalized spacial score (nSPS) is 10.4. The molecule has 0 aliphatic rings. The summed E-state index contributed by atoms with van der Waals surface area (Å²) in [5, 5.41) is 5.91. The maximum Gasteiger partial charge on any atom is 0.224 e. The third-order valence-electron chi connectivity index (χ3n) is 2.14. The molecule has 2 N–H and O–H groups in total. The van der Waals surface area contributed by atoms with Gasteiger partial charge in [0.2, 0.25) is 5.95 Å². The molecule has 0 aliphatic carbocycles. The Balaban J connectivity index is 2.05. The van der Waals surface area contributed by atoms with Crippen molar-refractivity contribution in [1.82, 2.24) is 9.97 Å². The molecule has 7 heteroatoms. The number of anilines is 2. The fourth-order valence-corrected chi connectivity index (χ4v) is 2.77. The van der Waals surface area contributed by atoms with E-state index >= 15 is 0 Å². The summed E-state index contributed by atoms with van der Waals surface area (Å²) in [6.07, 6.45) is 1.16. The molecule has 0 saturated carbocycles. The van der Waals surface area contributed by atoms with Crippen LogP contribution in [0, 0.1) is 5.82 Å². The van der Waals surface area contributed by atoms with Crippen LogP contribution in [0.3, 0.4) is 0 Å². The van der Waals surface area contributed by atoms with Crippen LogP contribution in [0.4, 0.5) is 16.2 Å². The molecule has 0 atom stereocenters. The molecule has 0 spiro atoms. The van der Waals surface area contributed by atoms with Gasteiger partial charge in [0.25, 0.3) is 0 Å². The summed E-state index contributed by atoms with van der Waals surface area (Å²) in [6, 6.07) is 3.94. The zero-order chi connectivity index (χ0) is 13.0. The molecule has 2 aromatic rings. The Bertz CT molecular complexity index is 532. The Labute approximate surface area is 117 Å². The quantitative estimate of drug-likeness (QED) is 0.881. The zero-order valence-corrected chi connectivity index (χ0v) is 12.1. The molecular formula is C11H12BrFN4S. The largest absolute Gasteiger partial charge is 0.363 e. The average molecular weight is 331 g/mol. The zero-order valence-electron chi connectivity index (χ0n) is 9.70. The van der Waals surface area contributed by atoms with E-state index in [1.807, 2.05) is 19.1 Å². The lowest BCUT2D eigenvalue weighted by Gasteiger charge is -2.07. The SMILES string of the molecule is CCNc1ncc(F)c(NCc2ccc(Br)s2)n1. The van der Waals surface area contributed by atoms with Gasteiger partial charge in [-0.1, -0.05) is 0 Å². The van der Waals surface area contributed by atoms with E-state index in [2.05, 4.69) is 36.5 Å². The smallest absolute Gasteiger partial charge is 0.224 e. The average Bonchev–Trinajstić information content (AvgIpc) is 2.76. The van der Waals surface area contributed by atoms with Crippen molar-refractivity contribution in [1.29, 1.82) is 0 Å². The molecule has 96 valence electrons. The minimum absolute atomic E-state index is 0.213. The first kappa shape index (κ1) is 13.2. The minimum Gasteiger partial charge on any atom is -0.363 e. The van der Waals surface area contributed by atoms with Gasteiger partial charge in [0.1, 0.15) is 0 Å². The molecule has 0 fully saturated rings. The van der Waals surface area contributed by atoms with Crippen LogP contribution in [0.2, 0.25) is 0 Å². The highest BCUT2D eigenvalue weighted by molar-refractivity contribution is 9.11. The van der Waals surface area contributed by atoms with Gasteiger partial charge in [-0.05, 0) is 35.0 Å². The number of nitrogens with zero attached hydrogens (tertiary/aromatic N) is 2. The number of nitrogens with one attached hydrogen (secondary N) is 2. The second-order valence-electron chi connectivity index (χ2n) is 3.48. The number of rotatable bonds is 5. The minimum atomic E-state index is -0.452. The van der Waals surface area contributed by atoms with Gasteiger partial charge in [0, 0.05) is 11.4 Å². The van der Waals surface area contributed by atoms with Crippen molar-refractivity contribution in [2.24, 2.45) is 0 Å². The Morgan fingerprint density at radius 1 is 1.39 bits per heavy atom. The van der Waals surface area contributed by atoms with Gasteiger partial charge < -0.3 is 10.6 Å². The van der Waals surface area contributed by atoms with E-state index in [1.165, 1.54) is 0 Å². The first-order chi connectivity index (χ1) is 8.69. The summed E-state index contributed by atoms with van der Waals surface area (Å²) < 4.78 is 14.5. The molecule has 0 saturated heterocycles. The molecule has 2 rings (SSSR count). The van der Waals surface area contributed by atoms with E-state index in [0.717, 1.165) is 14.9 Å². The van der Waals surface area contributed by atoms with Gasteiger partial charge in [-0.15, -0.1) is 11.3 Å².